The molecule has 0 bridgehead atoms. The molecule has 0 radical (unpaired) electrons. The lowest BCUT2D eigenvalue weighted by Crippen LogP contribution is -2.30. The fraction of sp³-hybridized carbons (Fsp3) is 0.190. The van der Waals surface area contributed by atoms with Crippen molar-refractivity contribution in [2.75, 3.05) is 10.0 Å². The van der Waals surface area contributed by atoms with Crippen LogP contribution in [0.15, 0.2) is 59.5 Å². The van der Waals surface area contributed by atoms with Gasteiger partial charge in [-0.2, -0.15) is 0 Å². The molecule has 0 aliphatic heterocycles. The number of aromatic nitrogens is 2. The van der Waals surface area contributed by atoms with Gasteiger partial charge in [0.05, 0.1) is 9.82 Å². The second-order valence-electron chi connectivity index (χ2n) is 7.10. The van der Waals surface area contributed by atoms with Crippen molar-refractivity contribution in [3.63, 3.8) is 0 Å². The summed E-state index contributed by atoms with van der Waals surface area (Å²) in [6.45, 7) is 4.98. The Morgan fingerprint density at radius 2 is 1.61 bits per heavy atom. The maximum Gasteiger partial charge on any atom is 0.269 e. The number of nitrogens with one attached hydrogen (secondary N) is 2. The van der Waals surface area contributed by atoms with Crippen molar-refractivity contribution in [3.8, 4) is 5.75 Å². The van der Waals surface area contributed by atoms with E-state index < -0.39 is 27.0 Å². The molecule has 12 heteroatoms. The number of non-ortho nitro benzene ring substituents is 1. The molecule has 3 aromatic rings. The highest BCUT2D eigenvalue weighted by Crippen LogP contribution is 2.20. The van der Waals surface area contributed by atoms with Crippen LogP contribution in [0.4, 0.5) is 17.3 Å². The van der Waals surface area contributed by atoms with E-state index in [1.54, 1.807) is 19.9 Å². The van der Waals surface area contributed by atoms with Crippen LogP contribution in [-0.2, 0) is 14.8 Å². The van der Waals surface area contributed by atoms with Crippen molar-refractivity contribution in [1.29, 1.82) is 0 Å². The van der Waals surface area contributed by atoms with Crippen LogP contribution in [0, 0.1) is 24.0 Å². The molecule has 1 atom stereocenters. The standard InChI is InChI=1S/C21H21N5O6S/c1-13-12-14(2)23-21(22-13)25-33(30,31)19-10-4-16(5-11-19)24-20(27)15(3)32-18-8-6-17(7-9-18)26(28)29/h4-12,15H,1-3H3,(H,24,27)(H,22,23,25). The Hall–Kier alpha value is -4.06. The quantitative estimate of drug-likeness (QED) is 0.375. The van der Waals surface area contributed by atoms with E-state index >= 15 is 0 Å². The van der Waals surface area contributed by atoms with Gasteiger partial charge >= 0.3 is 0 Å². The lowest BCUT2D eigenvalue weighted by atomic mass is 10.3. The van der Waals surface area contributed by atoms with Crippen molar-refractivity contribution in [2.45, 2.75) is 31.8 Å². The average molecular weight is 471 g/mol. The summed E-state index contributed by atoms with van der Waals surface area (Å²) in [5.41, 5.74) is 1.53. The number of hydrogen-bond acceptors (Lipinski definition) is 8. The molecule has 1 aromatic heterocycles. The number of rotatable bonds is 8. The highest BCUT2D eigenvalue weighted by atomic mass is 32.2. The van der Waals surface area contributed by atoms with Gasteiger partial charge in [-0.1, -0.05) is 0 Å². The summed E-state index contributed by atoms with van der Waals surface area (Å²) in [4.78, 5) is 30.7. The lowest BCUT2D eigenvalue weighted by molar-refractivity contribution is -0.384. The average Bonchev–Trinajstić information content (AvgIpc) is 2.73. The zero-order valence-corrected chi connectivity index (χ0v) is 18.8. The van der Waals surface area contributed by atoms with E-state index in [1.165, 1.54) is 55.5 Å². The number of benzene rings is 2. The molecule has 0 fully saturated rings. The van der Waals surface area contributed by atoms with Gasteiger partial charge in [0.2, 0.25) is 5.95 Å². The Balaban J connectivity index is 1.63. The summed E-state index contributed by atoms with van der Waals surface area (Å²) < 4.78 is 33.0. The van der Waals surface area contributed by atoms with Crippen LogP contribution in [0.1, 0.15) is 18.3 Å². The Morgan fingerprint density at radius 3 is 2.15 bits per heavy atom. The number of ether oxygens (including phenoxy) is 1. The molecule has 3 rings (SSSR count). The van der Waals surface area contributed by atoms with Gasteiger partial charge in [0.15, 0.2) is 6.10 Å². The number of nitro benzene ring substituents is 1. The molecule has 11 nitrogen and oxygen atoms in total. The number of sulfonamides is 1. The minimum absolute atomic E-state index is 0.0258. The summed E-state index contributed by atoms with van der Waals surface area (Å²) in [5.74, 6) is -0.211. The normalized spacial score (nSPS) is 12.0. The van der Waals surface area contributed by atoms with Crippen molar-refractivity contribution < 1.29 is 22.9 Å². The molecule has 2 aromatic carbocycles. The lowest BCUT2D eigenvalue weighted by Gasteiger charge is -2.15. The maximum absolute atomic E-state index is 12.6. The first-order valence-corrected chi connectivity index (χ1v) is 11.2. The number of nitro groups is 1. The van der Waals surface area contributed by atoms with Crippen molar-refractivity contribution in [3.05, 3.63) is 76.1 Å². The van der Waals surface area contributed by atoms with E-state index in [0.29, 0.717) is 22.8 Å². The second kappa shape index (κ2) is 9.61. The first kappa shape index (κ1) is 23.6. The Kier molecular flexibility index (Phi) is 6.87. The third-order valence-corrected chi connectivity index (χ3v) is 5.71. The maximum atomic E-state index is 12.6. The molecule has 1 unspecified atom stereocenters. The van der Waals surface area contributed by atoms with Gasteiger partial charge < -0.3 is 10.1 Å². The molecular formula is C21H21N5O6S. The van der Waals surface area contributed by atoms with E-state index in [4.69, 9.17) is 4.74 Å². The van der Waals surface area contributed by atoms with Crippen LogP contribution in [-0.4, -0.2) is 35.3 Å². The monoisotopic (exact) mass is 471 g/mol. The molecule has 0 aliphatic carbocycles. The number of hydrogen-bond donors (Lipinski definition) is 2. The third-order valence-electron chi connectivity index (χ3n) is 4.37. The Morgan fingerprint density at radius 1 is 1.03 bits per heavy atom. The number of amides is 1. The van der Waals surface area contributed by atoms with E-state index in [9.17, 15) is 23.3 Å². The van der Waals surface area contributed by atoms with E-state index in [-0.39, 0.29) is 16.5 Å². The number of carbonyl (C=O) groups is 1. The van der Waals surface area contributed by atoms with Gasteiger partial charge in [0.1, 0.15) is 5.75 Å². The summed E-state index contributed by atoms with van der Waals surface area (Å²) in [7, 11) is -3.92. The molecular weight excluding hydrogens is 450 g/mol. The molecule has 0 saturated heterocycles. The van der Waals surface area contributed by atoms with Crippen LogP contribution >= 0.6 is 0 Å². The molecule has 2 N–H and O–H groups in total. The Labute approximate surface area is 190 Å². The van der Waals surface area contributed by atoms with E-state index in [2.05, 4.69) is 20.0 Å². The number of nitrogens with zero attached hydrogens (tertiary/aromatic N) is 3. The van der Waals surface area contributed by atoms with E-state index in [1.807, 2.05) is 0 Å². The molecule has 33 heavy (non-hydrogen) atoms. The second-order valence-corrected chi connectivity index (χ2v) is 8.79. The summed E-state index contributed by atoms with van der Waals surface area (Å²) >= 11 is 0. The third kappa shape index (κ3) is 6.23. The predicted octanol–water partition coefficient (Wildman–Crippen LogP) is 3.21. The van der Waals surface area contributed by atoms with Crippen molar-refractivity contribution >= 4 is 33.3 Å². The zero-order chi connectivity index (χ0) is 24.2. The number of anilines is 2. The topological polar surface area (TPSA) is 153 Å². The summed E-state index contributed by atoms with van der Waals surface area (Å²) in [5, 5.41) is 13.3. The van der Waals surface area contributed by atoms with Crippen molar-refractivity contribution in [1.82, 2.24) is 9.97 Å². The zero-order valence-electron chi connectivity index (χ0n) is 18.0. The molecule has 0 spiro atoms. The van der Waals surface area contributed by atoms with Gasteiger partial charge in [-0.15, -0.1) is 0 Å². The van der Waals surface area contributed by atoms with Crippen LogP contribution < -0.4 is 14.8 Å². The van der Waals surface area contributed by atoms with Crippen LogP contribution in [0.25, 0.3) is 0 Å². The smallest absolute Gasteiger partial charge is 0.269 e. The summed E-state index contributed by atoms with van der Waals surface area (Å²) in [6, 6.07) is 12.6. The van der Waals surface area contributed by atoms with Gasteiger partial charge in [-0.05, 0) is 63.2 Å². The predicted molar refractivity (Wildman–Crippen MR) is 121 cm³/mol. The number of carbonyl (C=O) groups excluding carboxylic acids is 1. The van der Waals surface area contributed by atoms with Gasteiger partial charge in [-0.25, -0.2) is 23.1 Å². The molecule has 1 amide bonds. The van der Waals surface area contributed by atoms with Crippen molar-refractivity contribution in [2.24, 2.45) is 0 Å². The SMILES string of the molecule is Cc1cc(C)nc(NS(=O)(=O)c2ccc(NC(=O)C(C)Oc3ccc([N+](=O)[O-])cc3)cc2)n1. The highest BCUT2D eigenvalue weighted by molar-refractivity contribution is 7.92. The largest absolute Gasteiger partial charge is 0.481 e. The molecule has 1 heterocycles. The number of aryl methyl sites for hydroxylation is 2. The minimum atomic E-state index is -3.92. The van der Waals surface area contributed by atoms with E-state index in [0.717, 1.165) is 0 Å². The van der Waals surface area contributed by atoms with Gasteiger partial charge in [0.25, 0.3) is 21.6 Å². The molecule has 172 valence electrons. The molecule has 0 aliphatic rings. The Bertz CT molecular complexity index is 1260. The van der Waals surface area contributed by atoms with Crippen LogP contribution in [0.3, 0.4) is 0 Å². The fourth-order valence-electron chi connectivity index (χ4n) is 2.82. The first-order valence-electron chi connectivity index (χ1n) is 9.70. The van der Waals surface area contributed by atoms with Gasteiger partial charge in [-0.3, -0.25) is 14.9 Å². The van der Waals surface area contributed by atoms with Crippen LogP contribution in [0.2, 0.25) is 0 Å². The highest BCUT2D eigenvalue weighted by Gasteiger charge is 2.18. The molecule has 0 saturated carbocycles. The van der Waals surface area contributed by atoms with Gasteiger partial charge in [0, 0.05) is 29.2 Å². The van der Waals surface area contributed by atoms with Crippen LogP contribution in [0.5, 0.6) is 5.75 Å². The minimum Gasteiger partial charge on any atom is -0.481 e. The fourth-order valence-corrected chi connectivity index (χ4v) is 3.76. The summed E-state index contributed by atoms with van der Waals surface area (Å²) in [6.07, 6.45) is -0.904. The first-order chi connectivity index (χ1) is 15.5.